The number of aliphatic imine (C=N–C) groups is 1. The van der Waals surface area contributed by atoms with Gasteiger partial charge in [0.05, 0.1) is 31.8 Å². The maximum absolute atomic E-state index is 12.0. The summed E-state index contributed by atoms with van der Waals surface area (Å²) in [5.74, 6) is 1.76. The van der Waals surface area contributed by atoms with Crippen LogP contribution in [-0.2, 0) is 14.6 Å². The fourth-order valence-corrected chi connectivity index (χ4v) is 4.62. The number of hydrogen-bond acceptors (Lipinski definition) is 6. The normalized spacial score (nSPS) is 18.2. The van der Waals surface area contributed by atoms with Gasteiger partial charge in [0.1, 0.15) is 0 Å². The van der Waals surface area contributed by atoms with E-state index in [0.717, 1.165) is 5.69 Å². The Morgan fingerprint density at radius 2 is 2.07 bits per heavy atom. The molecule has 10 heteroatoms. The first-order valence-electron chi connectivity index (χ1n) is 9.72. The second-order valence-electron chi connectivity index (χ2n) is 6.60. The summed E-state index contributed by atoms with van der Waals surface area (Å²) in [4.78, 5) is 16.5. The highest BCUT2D eigenvalue weighted by Gasteiger charge is 2.28. The zero-order valence-corrected chi connectivity index (χ0v) is 18.0. The van der Waals surface area contributed by atoms with Gasteiger partial charge in [0.25, 0.3) is 0 Å². The van der Waals surface area contributed by atoms with Crippen molar-refractivity contribution >= 4 is 27.4 Å². The molecule has 162 valence electrons. The molecule has 0 radical (unpaired) electrons. The van der Waals surface area contributed by atoms with Crippen LogP contribution in [0, 0.1) is 0 Å². The van der Waals surface area contributed by atoms with E-state index >= 15 is 0 Å². The lowest BCUT2D eigenvalue weighted by Crippen LogP contribution is -2.36. The molecule has 0 saturated carbocycles. The number of ether oxygens (including phenoxy) is 2. The number of benzene rings is 1. The molecular weight excluding hydrogens is 396 g/mol. The maximum atomic E-state index is 12.0. The van der Waals surface area contributed by atoms with Crippen LogP contribution < -0.4 is 25.4 Å². The predicted molar refractivity (Wildman–Crippen MR) is 114 cm³/mol. The molecule has 3 N–H and O–H groups in total. The third-order valence-electron chi connectivity index (χ3n) is 4.28. The van der Waals surface area contributed by atoms with Crippen LogP contribution >= 0.6 is 0 Å². The number of carbonyl (C=O) groups excluding carboxylic acids is 1. The first-order chi connectivity index (χ1) is 13.9. The number of methoxy groups -OCH3 is 1. The van der Waals surface area contributed by atoms with Gasteiger partial charge in [-0.05, 0) is 32.4 Å². The molecule has 1 aliphatic heterocycles. The number of nitrogens with one attached hydrogen (secondary N) is 3. The first-order valence-corrected chi connectivity index (χ1v) is 11.5. The number of amides is 1. The topological polar surface area (TPSA) is 118 Å². The van der Waals surface area contributed by atoms with Gasteiger partial charge < -0.3 is 25.4 Å². The molecule has 9 nitrogen and oxygen atoms in total. The average Bonchev–Trinajstić information content (AvgIpc) is 3.01. The molecule has 1 fully saturated rings. The summed E-state index contributed by atoms with van der Waals surface area (Å²) in [5, 5.41) is 9.06. The van der Waals surface area contributed by atoms with Gasteiger partial charge in [-0.3, -0.25) is 9.79 Å². The van der Waals surface area contributed by atoms with Gasteiger partial charge in [0, 0.05) is 30.8 Å². The van der Waals surface area contributed by atoms with Crippen LogP contribution in [0.2, 0.25) is 0 Å². The van der Waals surface area contributed by atoms with Crippen LogP contribution in [-0.4, -0.2) is 64.6 Å². The number of guanidine groups is 1. The van der Waals surface area contributed by atoms with Crippen molar-refractivity contribution in [2.45, 2.75) is 32.7 Å². The number of sulfone groups is 1. The lowest BCUT2D eigenvalue weighted by atomic mass is 10.2. The van der Waals surface area contributed by atoms with Gasteiger partial charge in [-0.1, -0.05) is 0 Å². The van der Waals surface area contributed by atoms with Gasteiger partial charge in [-0.25, -0.2) is 8.42 Å². The third-order valence-corrected chi connectivity index (χ3v) is 6.04. The maximum Gasteiger partial charge on any atom is 0.222 e. The van der Waals surface area contributed by atoms with Crippen molar-refractivity contribution in [3.05, 3.63) is 18.2 Å². The molecule has 1 heterocycles. The molecular formula is C19H30N4O5S. The van der Waals surface area contributed by atoms with Crippen molar-refractivity contribution in [1.82, 2.24) is 10.6 Å². The van der Waals surface area contributed by atoms with Crippen molar-refractivity contribution in [2.75, 3.05) is 43.6 Å². The molecule has 0 aromatic heterocycles. The van der Waals surface area contributed by atoms with Crippen LogP contribution in [0.25, 0.3) is 0 Å². The quantitative estimate of drug-likeness (QED) is 0.401. The number of carbonyl (C=O) groups is 1. The van der Waals surface area contributed by atoms with Gasteiger partial charge in [-0.2, -0.15) is 0 Å². The van der Waals surface area contributed by atoms with Crippen LogP contribution in [0.5, 0.6) is 11.5 Å². The van der Waals surface area contributed by atoms with Crippen LogP contribution in [0.4, 0.5) is 5.69 Å². The summed E-state index contributed by atoms with van der Waals surface area (Å²) >= 11 is 0. The molecule has 0 bridgehead atoms. The largest absolute Gasteiger partial charge is 0.493 e. The van der Waals surface area contributed by atoms with Crippen LogP contribution in [0.15, 0.2) is 23.2 Å². The highest BCUT2D eigenvalue weighted by atomic mass is 32.2. The Bertz CT molecular complexity index is 826. The molecule has 0 aliphatic carbocycles. The molecule has 2 rings (SSSR count). The van der Waals surface area contributed by atoms with E-state index in [4.69, 9.17) is 9.47 Å². The third kappa shape index (κ3) is 7.45. The lowest BCUT2D eigenvalue weighted by Gasteiger charge is -2.14. The SMILES string of the molecule is CCNC(=NCCC(=O)NC1CCS(=O)(=O)C1)Nc1ccc(OCC)c(OC)c1. The van der Waals surface area contributed by atoms with E-state index in [0.29, 0.717) is 37.0 Å². The molecule has 1 amide bonds. The van der Waals surface area contributed by atoms with Gasteiger partial charge >= 0.3 is 0 Å². The smallest absolute Gasteiger partial charge is 0.222 e. The standard InChI is InChI=1S/C19H30N4O5S/c1-4-20-19(23-14-6-7-16(28-5-2)17(12-14)27-3)21-10-8-18(24)22-15-9-11-29(25,26)13-15/h6-7,12,15H,4-5,8-11,13H2,1-3H3,(H,22,24)(H2,20,21,23). The number of hydrogen-bond donors (Lipinski definition) is 3. The molecule has 0 spiro atoms. The van der Waals surface area contributed by atoms with Crippen molar-refractivity contribution in [3.63, 3.8) is 0 Å². The Hall–Kier alpha value is -2.49. The summed E-state index contributed by atoms with van der Waals surface area (Å²) in [6, 6.07) is 5.19. The van der Waals surface area contributed by atoms with Crippen LogP contribution in [0.3, 0.4) is 0 Å². The predicted octanol–water partition coefficient (Wildman–Crippen LogP) is 1.16. The molecule has 1 unspecified atom stereocenters. The fraction of sp³-hybridized carbons (Fsp3) is 0.579. The highest BCUT2D eigenvalue weighted by Crippen LogP contribution is 2.30. The first kappa shape index (κ1) is 22.8. The Kier molecular flexibility index (Phi) is 8.56. The summed E-state index contributed by atoms with van der Waals surface area (Å²) in [7, 11) is -1.43. The molecule has 1 saturated heterocycles. The van der Waals surface area contributed by atoms with Crippen molar-refractivity contribution in [3.8, 4) is 11.5 Å². The summed E-state index contributed by atoms with van der Waals surface area (Å²) in [6.45, 7) is 5.33. The molecule has 1 aromatic rings. The van der Waals surface area contributed by atoms with Crippen molar-refractivity contribution < 1.29 is 22.7 Å². The fourth-order valence-electron chi connectivity index (χ4n) is 2.94. The second kappa shape index (κ2) is 10.9. The van der Waals surface area contributed by atoms with Crippen molar-refractivity contribution in [1.29, 1.82) is 0 Å². The van der Waals surface area contributed by atoms with E-state index in [1.807, 2.05) is 32.0 Å². The minimum atomic E-state index is -3.01. The van der Waals surface area contributed by atoms with Crippen molar-refractivity contribution in [2.24, 2.45) is 4.99 Å². The number of anilines is 1. The Labute approximate surface area is 172 Å². The average molecular weight is 427 g/mol. The van der Waals surface area contributed by atoms with E-state index in [9.17, 15) is 13.2 Å². The highest BCUT2D eigenvalue weighted by molar-refractivity contribution is 7.91. The monoisotopic (exact) mass is 426 g/mol. The van der Waals surface area contributed by atoms with Gasteiger partial charge in [-0.15, -0.1) is 0 Å². The van der Waals surface area contributed by atoms with Gasteiger partial charge in [0.2, 0.25) is 5.91 Å². The Morgan fingerprint density at radius 3 is 2.69 bits per heavy atom. The summed E-state index contributed by atoms with van der Waals surface area (Å²) in [6.07, 6.45) is 0.654. The summed E-state index contributed by atoms with van der Waals surface area (Å²) < 4.78 is 33.8. The molecule has 1 aromatic carbocycles. The molecule has 29 heavy (non-hydrogen) atoms. The Balaban J connectivity index is 1.91. The number of nitrogens with zero attached hydrogens (tertiary/aromatic N) is 1. The van der Waals surface area contributed by atoms with E-state index in [2.05, 4.69) is 20.9 Å². The van der Waals surface area contributed by atoms with E-state index < -0.39 is 9.84 Å². The molecule has 1 atom stereocenters. The minimum absolute atomic E-state index is 0.0196. The minimum Gasteiger partial charge on any atom is -0.493 e. The Morgan fingerprint density at radius 1 is 1.28 bits per heavy atom. The van der Waals surface area contributed by atoms with E-state index in [-0.39, 0.29) is 36.4 Å². The van der Waals surface area contributed by atoms with E-state index in [1.54, 1.807) is 7.11 Å². The lowest BCUT2D eigenvalue weighted by molar-refractivity contribution is -0.121. The molecule has 1 aliphatic rings. The summed E-state index contributed by atoms with van der Waals surface area (Å²) in [5.41, 5.74) is 0.769. The second-order valence-corrected chi connectivity index (χ2v) is 8.83. The van der Waals surface area contributed by atoms with Gasteiger partial charge in [0.15, 0.2) is 27.3 Å². The number of rotatable bonds is 9. The van der Waals surface area contributed by atoms with Crippen LogP contribution in [0.1, 0.15) is 26.7 Å². The van der Waals surface area contributed by atoms with E-state index in [1.165, 1.54) is 0 Å². The zero-order valence-electron chi connectivity index (χ0n) is 17.2. The zero-order chi connectivity index (χ0) is 21.3.